The van der Waals surface area contributed by atoms with Gasteiger partial charge in [0.2, 0.25) is 0 Å². The summed E-state index contributed by atoms with van der Waals surface area (Å²) in [5, 5.41) is 0. The molecule has 166 valence electrons. The second-order valence-corrected chi connectivity index (χ2v) is 11.9. The SMILES string of the molecule is CCCCC1CC(C)C2C(CC)C2(C)CCC(CCC)CC(P)C1CCCC. The molecular weight excluding hydrogens is 355 g/mol. The summed E-state index contributed by atoms with van der Waals surface area (Å²) >= 11 is 0. The second kappa shape index (κ2) is 11.7. The number of hydrogen-bond donors (Lipinski definition) is 0. The Morgan fingerprint density at radius 2 is 1.57 bits per heavy atom. The van der Waals surface area contributed by atoms with Gasteiger partial charge in [0.05, 0.1) is 0 Å². The third kappa shape index (κ3) is 5.99. The lowest BCUT2D eigenvalue weighted by Gasteiger charge is -2.35. The Morgan fingerprint density at radius 1 is 0.893 bits per heavy atom. The monoisotopic (exact) mass is 408 g/mol. The molecule has 0 aliphatic heterocycles. The third-order valence-electron chi connectivity index (χ3n) is 9.03. The van der Waals surface area contributed by atoms with Gasteiger partial charge in [-0.3, -0.25) is 0 Å². The maximum Gasteiger partial charge on any atom is -0.0231 e. The third-order valence-corrected chi connectivity index (χ3v) is 9.80. The zero-order valence-electron chi connectivity index (χ0n) is 20.3. The van der Waals surface area contributed by atoms with Crippen LogP contribution in [0, 0.1) is 40.9 Å². The van der Waals surface area contributed by atoms with Gasteiger partial charge in [0.15, 0.2) is 0 Å². The van der Waals surface area contributed by atoms with Gasteiger partial charge in [-0.1, -0.05) is 92.9 Å². The summed E-state index contributed by atoms with van der Waals surface area (Å²) < 4.78 is 0. The van der Waals surface area contributed by atoms with Crippen molar-refractivity contribution >= 4 is 9.24 Å². The minimum atomic E-state index is 0.662. The highest BCUT2D eigenvalue weighted by Gasteiger charge is 2.61. The largest absolute Gasteiger partial charge is 0.134 e. The van der Waals surface area contributed by atoms with E-state index in [0.717, 1.165) is 41.2 Å². The van der Waals surface area contributed by atoms with Gasteiger partial charge in [0.1, 0.15) is 0 Å². The fraction of sp³-hybridized carbons (Fsp3) is 1.00. The standard InChI is InChI=1S/C27H53P/c1-7-11-14-22-18-20(5)26-24(10-4)27(26,6)17-16-21(13-9-3)19-25(28)23(22)15-12-8-2/h20-26H,7-19,28H2,1-6H3. The van der Waals surface area contributed by atoms with Crippen LogP contribution in [0.3, 0.4) is 0 Å². The van der Waals surface area contributed by atoms with E-state index in [9.17, 15) is 0 Å². The quantitative estimate of drug-likeness (QED) is 0.334. The van der Waals surface area contributed by atoms with Crippen LogP contribution < -0.4 is 0 Å². The van der Waals surface area contributed by atoms with Gasteiger partial charge in [-0.25, -0.2) is 0 Å². The van der Waals surface area contributed by atoms with E-state index in [1.165, 1.54) is 83.5 Å². The van der Waals surface area contributed by atoms with Crippen molar-refractivity contribution < 1.29 is 0 Å². The van der Waals surface area contributed by atoms with E-state index >= 15 is 0 Å². The van der Waals surface area contributed by atoms with Gasteiger partial charge >= 0.3 is 0 Å². The van der Waals surface area contributed by atoms with Crippen molar-refractivity contribution in [3.63, 3.8) is 0 Å². The molecule has 0 N–H and O–H groups in total. The molecule has 2 saturated carbocycles. The van der Waals surface area contributed by atoms with E-state index < -0.39 is 0 Å². The lowest BCUT2D eigenvalue weighted by atomic mass is 9.74. The molecule has 0 amide bonds. The molecule has 28 heavy (non-hydrogen) atoms. The first-order valence-electron chi connectivity index (χ1n) is 13.2. The molecule has 0 spiro atoms. The van der Waals surface area contributed by atoms with E-state index in [2.05, 4.69) is 50.8 Å². The Hall–Kier alpha value is 0.430. The van der Waals surface area contributed by atoms with Crippen molar-refractivity contribution in [3.05, 3.63) is 0 Å². The molecule has 1 heteroatoms. The average Bonchev–Trinajstić information content (AvgIpc) is 3.28. The van der Waals surface area contributed by atoms with Crippen molar-refractivity contribution in [1.29, 1.82) is 0 Å². The summed E-state index contributed by atoms with van der Waals surface area (Å²) in [6.07, 6.45) is 18.8. The molecule has 2 rings (SSSR count). The Balaban J connectivity index is 2.27. The van der Waals surface area contributed by atoms with Crippen LogP contribution in [0.2, 0.25) is 0 Å². The van der Waals surface area contributed by atoms with Crippen LogP contribution in [-0.2, 0) is 0 Å². The maximum atomic E-state index is 3.37. The van der Waals surface area contributed by atoms with Crippen LogP contribution in [-0.4, -0.2) is 5.66 Å². The van der Waals surface area contributed by atoms with E-state index in [1.54, 1.807) is 0 Å². The molecule has 0 saturated heterocycles. The molecule has 0 aromatic carbocycles. The molecule has 0 nitrogen and oxygen atoms in total. The highest BCUT2D eigenvalue weighted by molar-refractivity contribution is 7.17. The van der Waals surface area contributed by atoms with E-state index in [1.807, 2.05) is 0 Å². The van der Waals surface area contributed by atoms with Crippen molar-refractivity contribution in [2.75, 3.05) is 0 Å². The first kappa shape index (κ1) is 24.7. The molecule has 0 aromatic rings. The van der Waals surface area contributed by atoms with Gasteiger partial charge in [0.25, 0.3) is 0 Å². The molecular formula is C27H53P. The van der Waals surface area contributed by atoms with E-state index in [-0.39, 0.29) is 0 Å². The summed E-state index contributed by atoms with van der Waals surface area (Å²) in [5.74, 6) is 5.83. The van der Waals surface area contributed by atoms with Crippen molar-refractivity contribution in [3.8, 4) is 0 Å². The normalized spacial score (nSPS) is 41.9. The highest BCUT2D eigenvalue weighted by Crippen LogP contribution is 2.67. The Morgan fingerprint density at radius 3 is 2.18 bits per heavy atom. The summed E-state index contributed by atoms with van der Waals surface area (Å²) in [4.78, 5) is 0. The van der Waals surface area contributed by atoms with Gasteiger partial charge in [-0.05, 0) is 78.7 Å². The minimum Gasteiger partial charge on any atom is -0.134 e. The zero-order valence-corrected chi connectivity index (χ0v) is 21.5. The minimum absolute atomic E-state index is 0.662. The zero-order chi connectivity index (χ0) is 20.7. The van der Waals surface area contributed by atoms with Crippen molar-refractivity contribution in [1.82, 2.24) is 0 Å². The lowest BCUT2D eigenvalue weighted by molar-refractivity contribution is 0.206. The number of hydrogen-bond acceptors (Lipinski definition) is 0. The van der Waals surface area contributed by atoms with Crippen molar-refractivity contribution in [2.45, 2.75) is 131 Å². The number of fused-ring (bicyclic) bond motifs is 1. The smallest absolute Gasteiger partial charge is 0.0231 e. The Kier molecular flexibility index (Phi) is 10.3. The molecule has 0 radical (unpaired) electrons. The number of rotatable bonds is 9. The first-order valence-corrected chi connectivity index (χ1v) is 13.8. The average molecular weight is 409 g/mol. The lowest BCUT2D eigenvalue weighted by Crippen LogP contribution is -2.28. The van der Waals surface area contributed by atoms with E-state index in [4.69, 9.17) is 0 Å². The topological polar surface area (TPSA) is 0 Å². The summed E-state index contributed by atoms with van der Waals surface area (Å²) in [7, 11) is 3.37. The molecule has 2 aliphatic carbocycles. The summed E-state index contributed by atoms with van der Waals surface area (Å²) in [6, 6.07) is 0. The maximum absolute atomic E-state index is 3.37. The van der Waals surface area contributed by atoms with Gasteiger partial charge in [0, 0.05) is 0 Å². The fourth-order valence-corrected chi connectivity index (χ4v) is 8.41. The van der Waals surface area contributed by atoms with E-state index in [0.29, 0.717) is 5.41 Å². The van der Waals surface area contributed by atoms with Crippen LogP contribution in [0.25, 0.3) is 0 Å². The van der Waals surface area contributed by atoms with Crippen molar-refractivity contribution in [2.24, 2.45) is 40.9 Å². The van der Waals surface area contributed by atoms with Crippen LogP contribution in [0.4, 0.5) is 0 Å². The predicted molar refractivity (Wildman–Crippen MR) is 131 cm³/mol. The highest BCUT2D eigenvalue weighted by atomic mass is 31.0. The molecule has 2 fully saturated rings. The van der Waals surface area contributed by atoms with Gasteiger partial charge in [-0.15, -0.1) is 9.24 Å². The summed E-state index contributed by atoms with van der Waals surface area (Å²) in [6.45, 7) is 14.9. The number of unbranched alkanes of at least 4 members (excludes halogenated alkanes) is 2. The van der Waals surface area contributed by atoms with Crippen LogP contribution in [0.5, 0.6) is 0 Å². The molecule has 9 atom stereocenters. The predicted octanol–water partition coefficient (Wildman–Crippen LogP) is 9.13. The molecule has 2 aliphatic rings. The van der Waals surface area contributed by atoms with Gasteiger partial charge < -0.3 is 0 Å². The molecule has 9 unspecified atom stereocenters. The van der Waals surface area contributed by atoms with Crippen LogP contribution in [0.1, 0.15) is 125 Å². The van der Waals surface area contributed by atoms with Crippen LogP contribution in [0.15, 0.2) is 0 Å². The first-order chi connectivity index (χ1) is 13.4. The fourth-order valence-electron chi connectivity index (χ4n) is 7.52. The summed E-state index contributed by atoms with van der Waals surface area (Å²) in [5.41, 5.74) is 1.51. The van der Waals surface area contributed by atoms with Gasteiger partial charge in [-0.2, -0.15) is 0 Å². The molecule has 0 heterocycles. The Labute approximate surface area is 181 Å². The Bertz CT molecular complexity index is 432. The second-order valence-electron chi connectivity index (χ2n) is 11.1. The van der Waals surface area contributed by atoms with Crippen LogP contribution >= 0.6 is 9.24 Å². The molecule has 0 bridgehead atoms. The molecule has 0 aromatic heterocycles.